The fourth-order valence-corrected chi connectivity index (χ4v) is 2.76. The molecule has 0 spiro atoms. The van der Waals surface area contributed by atoms with Crippen LogP contribution in [-0.2, 0) is 4.74 Å². The first-order chi connectivity index (χ1) is 7.72. The van der Waals surface area contributed by atoms with Gasteiger partial charge in [-0.15, -0.1) is 0 Å². The van der Waals surface area contributed by atoms with Crippen molar-refractivity contribution in [2.24, 2.45) is 5.84 Å². The van der Waals surface area contributed by atoms with Crippen molar-refractivity contribution in [3.8, 4) is 0 Å². The highest BCUT2D eigenvalue weighted by Gasteiger charge is 2.23. The summed E-state index contributed by atoms with van der Waals surface area (Å²) in [5, 5.41) is 1.52. The molecule has 1 aliphatic heterocycles. The SMILES string of the molecule is CC(C)c1c(NN)ncnc1SC1COC1. The van der Waals surface area contributed by atoms with Crippen LogP contribution in [0, 0.1) is 0 Å². The summed E-state index contributed by atoms with van der Waals surface area (Å²) in [5.41, 5.74) is 3.72. The summed E-state index contributed by atoms with van der Waals surface area (Å²) in [4.78, 5) is 8.47. The Morgan fingerprint density at radius 2 is 2.25 bits per heavy atom. The van der Waals surface area contributed by atoms with Crippen molar-refractivity contribution in [1.82, 2.24) is 9.97 Å². The molecule has 0 atom stereocenters. The second kappa shape index (κ2) is 4.99. The van der Waals surface area contributed by atoms with Crippen molar-refractivity contribution in [2.75, 3.05) is 18.6 Å². The predicted molar refractivity (Wildman–Crippen MR) is 64.4 cm³/mol. The number of nitrogens with two attached hydrogens (primary N) is 1. The molecule has 0 unspecified atom stereocenters. The van der Waals surface area contributed by atoms with Gasteiger partial charge >= 0.3 is 0 Å². The van der Waals surface area contributed by atoms with Crippen molar-refractivity contribution >= 4 is 17.6 Å². The zero-order chi connectivity index (χ0) is 11.5. The first-order valence-electron chi connectivity index (χ1n) is 5.28. The van der Waals surface area contributed by atoms with Crippen LogP contribution in [0.3, 0.4) is 0 Å². The van der Waals surface area contributed by atoms with E-state index in [0.717, 1.165) is 23.8 Å². The molecule has 2 heterocycles. The Morgan fingerprint density at radius 1 is 1.50 bits per heavy atom. The molecule has 88 valence electrons. The number of thioether (sulfide) groups is 1. The zero-order valence-corrected chi connectivity index (χ0v) is 10.3. The summed E-state index contributed by atoms with van der Waals surface area (Å²) < 4.78 is 5.16. The van der Waals surface area contributed by atoms with Gasteiger partial charge in [0, 0.05) is 5.56 Å². The van der Waals surface area contributed by atoms with E-state index in [1.54, 1.807) is 18.1 Å². The second-order valence-corrected chi connectivity index (χ2v) is 5.31. The van der Waals surface area contributed by atoms with Gasteiger partial charge in [-0.1, -0.05) is 25.6 Å². The van der Waals surface area contributed by atoms with Crippen molar-refractivity contribution in [3.63, 3.8) is 0 Å². The Labute approximate surface area is 99.2 Å². The number of aromatic nitrogens is 2. The lowest BCUT2D eigenvalue weighted by molar-refractivity contribution is 0.0454. The summed E-state index contributed by atoms with van der Waals surface area (Å²) in [5.74, 6) is 6.52. The van der Waals surface area contributed by atoms with E-state index in [0.29, 0.717) is 17.0 Å². The van der Waals surface area contributed by atoms with Crippen molar-refractivity contribution in [3.05, 3.63) is 11.9 Å². The largest absolute Gasteiger partial charge is 0.379 e. The maximum Gasteiger partial charge on any atom is 0.147 e. The van der Waals surface area contributed by atoms with E-state index in [-0.39, 0.29) is 0 Å². The minimum atomic E-state index is 0.343. The molecule has 1 aromatic rings. The molecule has 16 heavy (non-hydrogen) atoms. The Balaban J connectivity index is 2.26. The molecule has 3 N–H and O–H groups in total. The van der Waals surface area contributed by atoms with Crippen LogP contribution in [0.2, 0.25) is 0 Å². The minimum Gasteiger partial charge on any atom is -0.379 e. The smallest absolute Gasteiger partial charge is 0.147 e. The molecule has 0 saturated carbocycles. The lowest BCUT2D eigenvalue weighted by Crippen LogP contribution is -2.30. The van der Waals surface area contributed by atoms with Gasteiger partial charge in [-0.3, -0.25) is 0 Å². The number of ether oxygens (including phenoxy) is 1. The Morgan fingerprint density at radius 3 is 2.75 bits per heavy atom. The van der Waals surface area contributed by atoms with Crippen molar-refractivity contribution in [1.29, 1.82) is 0 Å². The molecule has 1 aromatic heterocycles. The van der Waals surface area contributed by atoms with Gasteiger partial charge in [-0.05, 0) is 5.92 Å². The first kappa shape index (κ1) is 11.6. The third-order valence-corrected chi connectivity index (χ3v) is 3.60. The van der Waals surface area contributed by atoms with Crippen LogP contribution in [0.25, 0.3) is 0 Å². The highest BCUT2D eigenvalue weighted by atomic mass is 32.2. The highest BCUT2D eigenvalue weighted by molar-refractivity contribution is 8.00. The number of nitrogen functional groups attached to an aromatic ring is 1. The number of hydrogen-bond donors (Lipinski definition) is 2. The number of nitrogens with one attached hydrogen (secondary N) is 1. The molecular formula is C10H16N4OS. The monoisotopic (exact) mass is 240 g/mol. The molecule has 0 bridgehead atoms. The lowest BCUT2D eigenvalue weighted by atomic mass is 10.1. The molecule has 2 rings (SSSR count). The van der Waals surface area contributed by atoms with Crippen LogP contribution >= 0.6 is 11.8 Å². The van der Waals surface area contributed by atoms with Crippen molar-refractivity contribution < 1.29 is 4.74 Å². The third-order valence-electron chi connectivity index (χ3n) is 2.45. The Kier molecular flexibility index (Phi) is 3.63. The molecular weight excluding hydrogens is 224 g/mol. The van der Waals surface area contributed by atoms with E-state index in [1.165, 1.54) is 0 Å². The molecule has 0 aromatic carbocycles. The third kappa shape index (κ3) is 2.28. The number of rotatable bonds is 4. The minimum absolute atomic E-state index is 0.343. The molecule has 1 aliphatic rings. The van der Waals surface area contributed by atoms with E-state index in [9.17, 15) is 0 Å². The average Bonchev–Trinajstić information content (AvgIpc) is 2.22. The average molecular weight is 240 g/mol. The number of anilines is 1. The van der Waals surface area contributed by atoms with Crippen LogP contribution < -0.4 is 11.3 Å². The molecule has 1 saturated heterocycles. The summed E-state index contributed by atoms with van der Waals surface area (Å²) in [6.07, 6.45) is 1.54. The highest BCUT2D eigenvalue weighted by Crippen LogP contribution is 2.34. The lowest BCUT2D eigenvalue weighted by Gasteiger charge is -2.26. The second-order valence-electron chi connectivity index (χ2n) is 4.02. The van der Waals surface area contributed by atoms with Gasteiger partial charge in [-0.2, -0.15) is 0 Å². The maximum atomic E-state index is 5.46. The molecule has 1 fully saturated rings. The predicted octanol–water partition coefficient (Wildman–Crippen LogP) is 1.38. The maximum absolute atomic E-state index is 5.46. The molecule has 0 amide bonds. The van der Waals surface area contributed by atoms with Crippen molar-refractivity contribution in [2.45, 2.75) is 30.0 Å². The fourth-order valence-electron chi connectivity index (χ4n) is 1.55. The molecule has 0 radical (unpaired) electrons. The number of hydrogen-bond acceptors (Lipinski definition) is 6. The van der Waals surface area contributed by atoms with Crippen LogP contribution in [0.1, 0.15) is 25.3 Å². The summed E-state index contributed by atoms with van der Waals surface area (Å²) in [7, 11) is 0. The first-order valence-corrected chi connectivity index (χ1v) is 6.16. The van der Waals surface area contributed by atoms with Gasteiger partial charge in [0.05, 0.1) is 18.5 Å². The summed E-state index contributed by atoms with van der Waals surface area (Å²) in [6, 6.07) is 0. The molecule has 6 heteroatoms. The number of nitrogens with zero attached hydrogens (tertiary/aromatic N) is 2. The van der Waals surface area contributed by atoms with Gasteiger partial charge in [0.1, 0.15) is 17.2 Å². The molecule has 5 nitrogen and oxygen atoms in total. The van der Waals surface area contributed by atoms with Crippen LogP contribution in [0.15, 0.2) is 11.4 Å². The summed E-state index contributed by atoms with van der Waals surface area (Å²) in [6.45, 7) is 5.83. The van der Waals surface area contributed by atoms with Gasteiger partial charge in [0.25, 0.3) is 0 Å². The number of hydrazine groups is 1. The zero-order valence-electron chi connectivity index (χ0n) is 9.43. The van der Waals surface area contributed by atoms with E-state index >= 15 is 0 Å². The van der Waals surface area contributed by atoms with Gasteiger partial charge in [0.2, 0.25) is 0 Å². The molecule has 0 aliphatic carbocycles. The quantitative estimate of drug-likeness (QED) is 0.470. The van der Waals surface area contributed by atoms with E-state index in [1.807, 2.05) is 0 Å². The standard InChI is InChI=1S/C10H16N4OS/c1-6(2)8-9(14-11)12-5-13-10(8)16-7-3-15-4-7/h5-7H,3-4,11H2,1-2H3,(H,12,13,14). The van der Waals surface area contributed by atoms with Crippen LogP contribution in [-0.4, -0.2) is 28.4 Å². The normalized spacial score (nSPS) is 16.2. The summed E-state index contributed by atoms with van der Waals surface area (Å²) >= 11 is 1.74. The Hall–Kier alpha value is -0.850. The van der Waals surface area contributed by atoms with E-state index < -0.39 is 0 Å². The van der Waals surface area contributed by atoms with Crippen LogP contribution in [0.4, 0.5) is 5.82 Å². The topological polar surface area (TPSA) is 73.1 Å². The van der Waals surface area contributed by atoms with E-state index in [2.05, 4.69) is 29.2 Å². The van der Waals surface area contributed by atoms with Gasteiger partial charge in [-0.25, -0.2) is 15.8 Å². The van der Waals surface area contributed by atoms with Crippen LogP contribution in [0.5, 0.6) is 0 Å². The Bertz CT molecular complexity index is 368. The van der Waals surface area contributed by atoms with Gasteiger partial charge < -0.3 is 10.2 Å². The van der Waals surface area contributed by atoms with Gasteiger partial charge in [0.15, 0.2) is 0 Å². The van der Waals surface area contributed by atoms with E-state index in [4.69, 9.17) is 10.6 Å². The fraction of sp³-hybridized carbons (Fsp3) is 0.600.